The highest BCUT2D eigenvalue weighted by atomic mass is 32.1. The Morgan fingerprint density at radius 2 is 2.04 bits per heavy atom. The van der Waals surface area contributed by atoms with Gasteiger partial charge in [-0.3, -0.25) is 4.99 Å². The summed E-state index contributed by atoms with van der Waals surface area (Å²) in [7, 11) is 1.65. The van der Waals surface area contributed by atoms with Crippen molar-refractivity contribution >= 4 is 17.3 Å². The molecule has 0 radical (unpaired) electrons. The number of aliphatic imine (C=N–C) groups is 1. The van der Waals surface area contributed by atoms with Gasteiger partial charge in [0.15, 0.2) is 5.96 Å². The molecule has 0 aliphatic heterocycles. The summed E-state index contributed by atoms with van der Waals surface area (Å²) in [5, 5.41) is 7.26. The molecule has 0 atom stereocenters. The summed E-state index contributed by atoms with van der Waals surface area (Å²) < 4.78 is 43.3. The average Bonchev–Trinajstić information content (AvgIpc) is 3.02. The van der Waals surface area contributed by atoms with Crippen LogP contribution >= 0.6 is 11.3 Å². The zero-order valence-corrected chi connectivity index (χ0v) is 15.4. The Labute approximate surface area is 154 Å². The van der Waals surface area contributed by atoms with E-state index in [0.29, 0.717) is 19.0 Å². The molecule has 2 rings (SSSR count). The third-order valence-electron chi connectivity index (χ3n) is 3.35. The van der Waals surface area contributed by atoms with Gasteiger partial charge in [-0.15, -0.1) is 11.3 Å². The van der Waals surface area contributed by atoms with Crippen LogP contribution in [0.1, 0.15) is 15.4 Å². The summed E-state index contributed by atoms with van der Waals surface area (Å²) in [5.41, 5.74) is -0.724. The van der Waals surface area contributed by atoms with Gasteiger partial charge in [-0.1, -0.05) is 6.07 Å². The van der Waals surface area contributed by atoms with Gasteiger partial charge in [0, 0.05) is 31.1 Å². The number of hydrogen-bond acceptors (Lipinski definition) is 4. The normalized spacial score (nSPS) is 12.1. The molecule has 1 aromatic heterocycles. The van der Waals surface area contributed by atoms with Crippen molar-refractivity contribution in [2.24, 2.45) is 4.99 Å². The SMILES string of the molecule is CN=C(NCCOc1cccc(C(F)(F)F)c1)NCCc1ncc(C)s1. The van der Waals surface area contributed by atoms with Crippen molar-refractivity contribution < 1.29 is 17.9 Å². The molecule has 5 nitrogen and oxygen atoms in total. The van der Waals surface area contributed by atoms with Gasteiger partial charge in [-0.25, -0.2) is 4.98 Å². The van der Waals surface area contributed by atoms with Crippen LogP contribution in [0.4, 0.5) is 13.2 Å². The lowest BCUT2D eigenvalue weighted by atomic mass is 10.2. The van der Waals surface area contributed by atoms with E-state index in [1.165, 1.54) is 17.0 Å². The van der Waals surface area contributed by atoms with Crippen LogP contribution < -0.4 is 15.4 Å². The number of thiazole rings is 1. The predicted molar refractivity (Wildman–Crippen MR) is 96.9 cm³/mol. The van der Waals surface area contributed by atoms with Crippen molar-refractivity contribution in [2.75, 3.05) is 26.7 Å². The maximum Gasteiger partial charge on any atom is 0.416 e. The Bertz CT molecular complexity index is 731. The lowest BCUT2D eigenvalue weighted by Gasteiger charge is -2.13. The molecule has 0 bridgehead atoms. The molecule has 1 aromatic carbocycles. The molecule has 0 saturated heterocycles. The number of alkyl halides is 3. The predicted octanol–water partition coefficient (Wildman–Crippen LogP) is 3.26. The van der Waals surface area contributed by atoms with Crippen molar-refractivity contribution in [3.63, 3.8) is 0 Å². The number of halogens is 3. The van der Waals surface area contributed by atoms with E-state index >= 15 is 0 Å². The first-order chi connectivity index (χ1) is 12.4. The van der Waals surface area contributed by atoms with Crippen LogP contribution in [0.15, 0.2) is 35.5 Å². The Kier molecular flexibility index (Phi) is 7.26. The smallest absolute Gasteiger partial charge is 0.416 e. The first-order valence-corrected chi connectivity index (χ1v) is 8.86. The number of guanidine groups is 1. The summed E-state index contributed by atoms with van der Waals surface area (Å²) >= 11 is 1.66. The maximum atomic E-state index is 12.7. The van der Waals surface area contributed by atoms with E-state index in [2.05, 4.69) is 20.6 Å². The minimum atomic E-state index is -4.38. The number of rotatable bonds is 7. The molecule has 0 spiro atoms. The molecule has 2 aromatic rings. The van der Waals surface area contributed by atoms with Gasteiger partial charge in [-0.05, 0) is 25.1 Å². The summed E-state index contributed by atoms with van der Waals surface area (Å²) in [6.45, 7) is 3.32. The van der Waals surface area contributed by atoms with E-state index in [1.807, 2.05) is 13.1 Å². The van der Waals surface area contributed by atoms with Crippen LogP contribution in [0.5, 0.6) is 5.75 Å². The molecule has 0 unspecified atom stereocenters. The van der Waals surface area contributed by atoms with Crippen LogP contribution in [0.2, 0.25) is 0 Å². The number of nitrogens with zero attached hydrogens (tertiary/aromatic N) is 2. The van der Waals surface area contributed by atoms with E-state index in [1.54, 1.807) is 18.4 Å². The van der Waals surface area contributed by atoms with Crippen LogP contribution in [0, 0.1) is 6.92 Å². The molecule has 26 heavy (non-hydrogen) atoms. The maximum absolute atomic E-state index is 12.7. The first kappa shape index (κ1) is 20.0. The molecule has 0 fully saturated rings. The van der Waals surface area contributed by atoms with E-state index in [9.17, 15) is 13.2 Å². The molecule has 0 aliphatic carbocycles. The molecule has 142 valence electrons. The lowest BCUT2D eigenvalue weighted by Crippen LogP contribution is -2.40. The Morgan fingerprint density at radius 1 is 1.27 bits per heavy atom. The third kappa shape index (κ3) is 6.55. The highest BCUT2D eigenvalue weighted by molar-refractivity contribution is 7.11. The van der Waals surface area contributed by atoms with Gasteiger partial charge in [0.25, 0.3) is 0 Å². The average molecular weight is 386 g/mol. The van der Waals surface area contributed by atoms with E-state index in [4.69, 9.17) is 4.74 Å². The zero-order valence-electron chi connectivity index (χ0n) is 14.6. The third-order valence-corrected chi connectivity index (χ3v) is 4.32. The second-order valence-electron chi connectivity index (χ2n) is 5.41. The number of aryl methyl sites for hydroxylation is 1. The van der Waals surface area contributed by atoms with Crippen LogP contribution in [0.3, 0.4) is 0 Å². The van der Waals surface area contributed by atoms with Gasteiger partial charge >= 0.3 is 6.18 Å². The highest BCUT2D eigenvalue weighted by Crippen LogP contribution is 2.31. The van der Waals surface area contributed by atoms with E-state index < -0.39 is 11.7 Å². The topological polar surface area (TPSA) is 58.5 Å². The fraction of sp³-hybridized carbons (Fsp3) is 0.412. The number of nitrogens with one attached hydrogen (secondary N) is 2. The van der Waals surface area contributed by atoms with E-state index in [-0.39, 0.29) is 12.4 Å². The lowest BCUT2D eigenvalue weighted by molar-refractivity contribution is -0.137. The second kappa shape index (κ2) is 9.42. The summed E-state index contributed by atoms with van der Waals surface area (Å²) in [6.07, 6.45) is -1.74. The number of ether oxygens (including phenoxy) is 1. The minimum Gasteiger partial charge on any atom is -0.492 e. The first-order valence-electron chi connectivity index (χ1n) is 8.04. The molecule has 9 heteroatoms. The largest absolute Gasteiger partial charge is 0.492 e. The molecule has 0 amide bonds. The van der Waals surface area contributed by atoms with E-state index in [0.717, 1.165) is 23.6 Å². The van der Waals surface area contributed by atoms with Crippen LogP contribution in [-0.2, 0) is 12.6 Å². The van der Waals surface area contributed by atoms with Crippen molar-refractivity contribution in [1.82, 2.24) is 15.6 Å². The Balaban J connectivity index is 1.69. The fourth-order valence-electron chi connectivity index (χ4n) is 2.13. The molecule has 1 heterocycles. The number of benzene rings is 1. The summed E-state index contributed by atoms with van der Waals surface area (Å²) in [4.78, 5) is 9.55. The summed E-state index contributed by atoms with van der Waals surface area (Å²) in [6, 6.07) is 4.83. The van der Waals surface area contributed by atoms with Crippen molar-refractivity contribution in [3.8, 4) is 5.75 Å². The van der Waals surface area contributed by atoms with Crippen molar-refractivity contribution in [3.05, 3.63) is 45.9 Å². The second-order valence-corrected chi connectivity index (χ2v) is 6.73. The number of hydrogen-bond donors (Lipinski definition) is 2. The Morgan fingerprint density at radius 3 is 2.69 bits per heavy atom. The van der Waals surface area contributed by atoms with Gasteiger partial charge < -0.3 is 15.4 Å². The molecule has 0 saturated carbocycles. The standard InChI is InChI=1S/C17H21F3N4OS/c1-12-11-24-15(26-12)6-7-22-16(21-2)23-8-9-25-14-5-3-4-13(10-14)17(18,19)20/h3-5,10-11H,6-9H2,1-2H3,(H2,21,22,23). The van der Waals surface area contributed by atoms with Gasteiger partial charge in [-0.2, -0.15) is 13.2 Å². The van der Waals surface area contributed by atoms with Crippen molar-refractivity contribution in [2.45, 2.75) is 19.5 Å². The minimum absolute atomic E-state index is 0.184. The number of aromatic nitrogens is 1. The van der Waals surface area contributed by atoms with Crippen molar-refractivity contribution in [1.29, 1.82) is 0 Å². The van der Waals surface area contributed by atoms with Crippen LogP contribution in [-0.4, -0.2) is 37.7 Å². The molecular formula is C17H21F3N4OS. The fourth-order valence-corrected chi connectivity index (χ4v) is 2.91. The van der Waals surface area contributed by atoms with Gasteiger partial charge in [0.2, 0.25) is 0 Å². The molecule has 0 aliphatic rings. The molecular weight excluding hydrogens is 365 g/mol. The monoisotopic (exact) mass is 386 g/mol. The van der Waals surface area contributed by atoms with Gasteiger partial charge in [0.1, 0.15) is 12.4 Å². The van der Waals surface area contributed by atoms with Gasteiger partial charge in [0.05, 0.1) is 17.1 Å². The zero-order chi connectivity index (χ0) is 19.0. The quantitative estimate of drug-likeness (QED) is 0.436. The molecule has 2 N–H and O–H groups in total. The summed E-state index contributed by atoms with van der Waals surface area (Å²) in [5.74, 6) is 0.787. The Hall–Kier alpha value is -2.29. The van der Waals surface area contributed by atoms with Crippen LogP contribution in [0.25, 0.3) is 0 Å². The highest BCUT2D eigenvalue weighted by Gasteiger charge is 2.30.